The number of aromatic nitrogens is 2. The maximum absolute atomic E-state index is 12.4. The van der Waals surface area contributed by atoms with Crippen LogP contribution in [-0.2, 0) is 9.59 Å². The third kappa shape index (κ3) is 2.52. The van der Waals surface area contributed by atoms with Crippen molar-refractivity contribution in [2.75, 3.05) is 5.32 Å². The summed E-state index contributed by atoms with van der Waals surface area (Å²) in [6, 6.07) is 16.9. The molecule has 2 heterocycles. The highest BCUT2D eigenvalue weighted by Crippen LogP contribution is 2.25. The van der Waals surface area contributed by atoms with Gasteiger partial charge in [-0.3, -0.25) is 19.5 Å². The van der Waals surface area contributed by atoms with Gasteiger partial charge in [-0.2, -0.15) is 0 Å². The number of nitrogens with zero attached hydrogens (tertiary/aromatic N) is 2. The van der Waals surface area contributed by atoms with Crippen molar-refractivity contribution in [3.05, 3.63) is 54.6 Å². The van der Waals surface area contributed by atoms with Crippen molar-refractivity contribution in [1.82, 2.24) is 14.9 Å². The van der Waals surface area contributed by atoms with Crippen molar-refractivity contribution < 1.29 is 9.59 Å². The van der Waals surface area contributed by atoms with E-state index in [1.165, 1.54) is 0 Å². The summed E-state index contributed by atoms with van der Waals surface area (Å²) in [6.07, 6.45) is 0.892. The second-order valence-electron chi connectivity index (χ2n) is 5.74. The molecular weight excluding hydrogens is 304 g/mol. The van der Waals surface area contributed by atoms with Crippen molar-refractivity contribution in [3.8, 4) is 5.69 Å². The molecular formula is C18H16N4O2. The Morgan fingerprint density at radius 2 is 1.88 bits per heavy atom. The molecule has 0 spiro atoms. The van der Waals surface area contributed by atoms with Gasteiger partial charge in [-0.1, -0.05) is 30.3 Å². The number of imidazole rings is 1. The van der Waals surface area contributed by atoms with Gasteiger partial charge in [0, 0.05) is 12.1 Å². The van der Waals surface area contributed by atoms with E-state index in [1.54, 1.807) is 0 Å². The third-order valence-electron chi connectivity index (χ3n) is 4.12. The molecule has 1 aliphatic rings. The number of rotatable bonds is 3. The number of amides is 2. The lowest BCUT2D eigenvalue weighted by atomic mass is 10.2. The van der Waals surface area contributed by atoms with Crippen LogP contribution in [0, 0.1) is 0 Å². The first-order valence-corrected chi connectivity index (χ1v) is 7.85. The van der Waals surface area contributed by atoms with Gasteiger partial charge in [0.25, 0.3) is 0 Å². The highest BCUT2D eigenvalue weighted by molar-refractivity contribution is 5.99. The van der Waals surface area contributed by atoms with Crippen molar-refractivity contribution in [2.45, 2.75) is 18.9 Å². The summed E-state index contributed by atoms with van der Waals surface area (Å²) in [5.41, 5.74) is 2.62. The van der Waals surface area contributed by atoms with Crippen molar-refractivity contribution in [3.63, 3.8) is 0 Å². The number of carbonyl (C=O) groups is 2. The summed E-state index contributed by atoms with van der Waals surface area (Å²) in [6.45, 7) is 0. The van der Waals surface area contributed by atoms with E-state index in [1.807, 2.05) is 59.2 Å². The fourth-order valence-electron chi connectivity index (χ4n) is 2.96. The van der Waals surface area contributed by atoms with Crippen LogP contribution in [0.3, 0.4) is 0 Å². The Kier molecular flexibility index (Phi) is 3.49. The molecule has 6 heteroatoms. The zero-order valence-electron chi connectivity index (χ0n) is 12.9. The summed E-state index contributed by atoms with van der Waals surface area (Å²) in [5.74, 6) is 0.119. The first-order chi connectivity index (χ1) is 11.7. The largest absolute Gasteiger partial charge is 0.344 e. The average molecular weight is 320 g/mol. The summed E-state index contributed by atoms with van der Waals surface area (Å²) in [4.78, 5) is 28.3. The molecule has 1 aromatic heterocycles. The van der Waals surface area contributed by atoms with E-state index < -0.39 is 6.04 Å². The Morgan fingerprint density at radius 3 is 2.62 bits per heavy atom. The van der Waals surface area contributed by atoms with Gasteiger partial charge in [0.1, 0.15) is 6.04 Å². The minimum absolute atomic E-state index is 0.0910. The zero-order valence-corrected chi connectivity index (χ0v) is 12.9. The molecule has 2 amide bonds. The molecule has 1 atom stereocenters. The summed E-state index contributed by atoms with van der Waals surface area (Å²) in [7, 11) is 0. The highest BCUT2D eigenvalue weighted by atomic mass is 16.2. The van der Waals surface area contributed by atoms with Gasteiger partial charge in [0.05, 0.1) is 11.0 Å². The van der Waals surface area contributed by atoms with Gasteiger partial charge in [-0.05, 0) is 30.7 Å². The predicted molar refractivity (Wildman–Crippen MR) is 90.9 cm³/mol. The Hall–Kier alpha value is -3.15. The molecule has 2 N–H and O–H groups in total. The van der Waals surface area contributed by atoms with Crippen LogP contribution in [-0.4, -0.2) is 27.4 Å². The van der Waals surface area contributed by atoms with Gasteiger partial charge in [-0.15, -0.1) is 0 Å². The second-order valence-corrected chi connectivity index (χ2v) is 5.74. The second kappa shape index (κ2) is 5.81. The quantitative estimate of drug-likeness (QED) is 0.777. The summed E-state index contributed by atoms with van der Waals surface area (Å²) in [5, 5.41) is 5.54. The lowest BCUT2D eigenvalue weighted by Gasteiger charge is -2.13. The lowest BCUT2D eigenvalue weighted by molar-refractivity contribution is -0.122. The maximum atomic E-state index is 12.4. The molecule has 3 aromatic rings. The number of carbonyl (C=O) groups excluding carboxylic acids is 2. The smallest absolute Gasteiger partial charge is 0.249 e. The molecule has 4 rings (SSSR count). The normalized spacial score (nSPS) is 17.0. The highest BCUT2D eigenvalue weighted by Gasteiger charge is 2.28. The number of anilines is 1. The Balaban J connectivity index is 1.75. The molecule has 0 saturated carbocycles. The van der Waals surface area contributed by atoms with E-state index in [0.717, 1.165) is 16.7 Å². The van der Waals surface area contributed by atoms with Crippen LogP contribution >= 0.6 is 0 Å². The molecule has 120 valence electrons. The number of hydrogen-bond acceptors (Lipinski definition) is 3. The first-order valence-electron chi connectivity index (χ1n) is 7.85. The van der Waals surface area contributed by atoms with Crippen LogP contribution in [0.1, 0.15) is 12.8 Å². The number of nitrogens with one attached hydrogen (secondary N) is 2. The zero-order chi connectivity index (χ0) is 16.5. The van der Waals surface area contributed by atoms with Gasteiger partial charge >= 0.3 is 0 Å². The van der Waals surface area contributed by atoms with E-state index in [2.05, 4.69) is 15.6 Å². The van der Waals surface area contributed by atoms with E-state index in [-0.39, 0.29) is 11.8 Å². The number of hydrogen-bond donors (Lipinski definition) is 2. The van der Waals surface area contributed by atoms with Gasteiger partial charge < -0.3 is 5.32 Å². The topological polar surface area (TPSA) is 76.0 Å². The first kappa shape index (κ1) is 14.4. The monoisotopic (exact) mass is 320 g/mol. The van der Waals surface area contributed by atoms with Crippen molar-refractivity contribution in [1.29, 1.82) is 0 Å². The minimum Gasteiger partial charge on any atom is -0.344 e. The molecule has 1 fully saturated rings. The van der Waals surface area contributed by atoms with Gasteiger partial charge in [-0.25, -0.2) is 4.98 Å². The van der Waals surface area contributed by atoms with Crippen LogP contribution in [0.25, 0.3) is 16.7 Å². The van der Waals surface area contributed by atoms with E-state index in [9.17, 15) is 9.59 Å². The summed E-state index contributed by atoms with van der Waals surface area (Å²) < 4.78 is 1.91. The standard InChI is InChI=1S/C18H16N4O2/c23-16-11-10-14(19-16)17(24)21-18-20-13-8-4-5-9-15(13)22(18)12-6-2-1-3-7-12/h1-9,14H,10-11H2,(H,19,23)(H,20,21,24)/t14-/m1/s1. The van der Waals surface area contributed by atoms with Crippen molar-refractivity contribution >= 4 is 28.8 Å². The van der Waals surface area contributed by atoms with Gasteiger partial charge in [0.2, 0.25) is 17.8 Å². The average Bonchev–Trinajstić information content (AvgIpc) is 3.19. The number of para-hydroxylation sites is 3. The molecule has 2 aromatic carbocycles. The fourth-order valence-corrected chi connectivity index (χ4v) is 2.96. The minimum atomic E-state index is -0.499. The van der Waals surface area contributed by atoms with E-state index in [4.69, 9.17) is 0 Å². The molecule has 0 bridgehead atoms. The molecule has 24 heavy (non-hydrogen) atoms. The van der Waals surface area contributed by atoms with E-state index >= 15 is 0 Å². The van der Waals surface area contributed by atoms with Crippen LogP contribution in [0.4, 0.5) is 5.95 Å². The van der Waals surface area contributed by atoms with Crippen LogP contribution in [0.5, 0.6) is 0 Å². The van der Waals surface area contributed by atoms with Crippen LogP contribution < -0.4 is 10.6 Å². The third-order valence-corrected chi connectivity index (χ3v) is 4.12. The van der Waals surface area contributed by atoms with Crippen molar-refractivity contribution in [2.24, 2.45) is 0 Å². The Morgan fingerprint density at radius 1 is 1.12 bits per heavy atom. The van der Waals surface area contributed by atoms with E-state index in [0.29, 0.717) is 18.8 Å². The maximum Gasteiger partial charge on any atom is 0.249 e. The molecule has 0 unspecified atom stereocenters. The Bertz CT molecular complexity index is 917. The van der Waals surface area contributed by atoms with Crippen LogP contribution in [0.15, 0.2) is 54.6 Å². The number of benzene rings is 2. The number of fused-ring (bicyclic) bond motifs is 1. The lowest BCUT2D eigenvalue weighted by Crippen LogP contribution is -2.37. The molecule has 6 nitrogen and oxygen atoms in total. The molecule has 1 aliphatic heterocycles. The van der Waals surface area contributed by atoms with Crippen LogP contribution in [0.2, 0.25) is 0 Å². The SMILES string of the molecule is O=C1CC[C@H](C(=O)Nc2nc3ccccc3n2-c2ccccc2)N1. The van der Waals surface area contributed by atoms with Gasteiger partial charge in [0.15, 0.2) is 0 Å². The summed E-state index contributed by atoms with van der Waals surface area (Å²) >= 11 is 0. The molecule has 0 radical (unpaired) electrons. The molecule has 0 aliphatic carbocycles. The Labute approximate surface area is 138 Å². The predicted octanol–water partition coefficient (Wildman–Crippen LogP) is 2.24. The molecule has 1 saturated heterocycles. The fraction of sp³-hybridized carbons (Fsp3) is 0.167.